The van der Waals surface area contributed by atoms with Gasteiger partial charge in [0.1, 0.15) is 12.0 Å². The number of carbonyl (C=O) groups is 2. The molecule has 0 spiro atoms. The number of halogens is 6. The van der Waals surface area contributed by atoms with E-state index >= 15 is 0 Å². The molecule has 0 fully saturated rings. The van der Waals surface area contributed by atoms with Crippen LogP contribution in [0.25, 0.3) is 33.2 Å². The lowest BCUT2D eigenvalue weighted by Crippen LogP contribution is -2.47. The molecule has 7 rings (SSSR count). The number of anilines is 1. The van der Waals surface area contributed by atoms with Crippen LogP contribution in [0.2, 0.25) is 0 Å². The number of amides is 2. The number of hydrogen-bond acceptors (Lipinski definition) is 3. The van der Waals surface area contributed by atoms with E-state index in [1.807, 2.05) is 24.3 Å². The van der Waals surface area contributed by atoms with E-state index in [1.54, 1.807) is 77.6 Å². The first-order valence-electron chi connectivity index (χ1n) is 16.4. The second kappa shape index (κ2) is 13.3. The van der Waals surface area contributed by atoms with Gasteiger partial charge in [-0.15, -0.1) is 0 Å². The van der Waals surface area contributed by atoms with Gasteiger partial charge in [0, 0.05) is 23.2 Å². The second-order valence-electron chi connectivity index (χ2n) is 12.6. The third-order valence-electron chi connectivity index (χ3n) is 9.42. The van der Waals surface area contributed by atoms with Crippen molar-refractivity contribution in [1.82, 2.24) is 15.1 Å². The molecule has 264 valence electrons. The maximum atomic E-state index is 13.8. The Kier molecular flexibility index (Phi) is 8.85. The van der Waals surface area contributed by atoms with Crippen LogP contribution < -0.4 is 10.6 Å². The fraction of sp³-hybridized carbons (Fsp3) is 0.175. The van der Waals surface area contributed by atoms with Crippen molar-refractivity contribution in [2.75, 3.05) is 11.9 Å². The minimum Gasteiger partial charge on any atom is -0.346 e. The van der Waals surface area contributed by atoms with Gasteiger partial charge in [0.2, 0.25) is 5.91 Å². The van der Waals surface area contributed by atoms with Crippen LogP contribution in [0.1, 0.15) is 39.9 Å². The number of aromatic nitrogens is 2. The molecule has 0 saturated carbocycles. The van der Waals surface area contributed by atoms with Gasteiger partial charge in [-0.05, 0) is 82.6 Å². The summed E-state index contributed by atoms with van der Waals surface area (Å²) in [5, 5.41) is 10.2. The number of nitrogens with one attached hydrogen (secondary N) is 2. The summed E-state index contributed by atoms with van der Waals surface area (Å²) in [6, 6.07) is 31.0. The van der Waals surface area contributed by atoms with E-state index in [9.17, 15) is 35.9 Å². The molecule has 6 aromatic rings. The molecule has 0 unspecified atom stereocenters. The lowest BCUT2D eigenvalue weighted by molar-refractivity contribution is -0.141. The number of aryl methyl sites for hydroxylation is 1. The number of rotatable bonds is 9. The van der Waals surface area contributed by atoms with Gasteiger partial charge >= 0.3 is 12.4 Å². The molecular weight excluding hydrogens is 682 g/mol. The molecule has 52 heavy (non-hydrogen) atoms. The zero-order valence-corrected chi connectivity index (χ0v) is 27.4. The SMILES string of the molecule is O=C(Nc1ccc2c(cnn2CCCC2(C(=O)NCC(F)(F)F)c3ccccc3-c3ccccc32)c1)c1ccccc1-c1ccc(C(F)(F)F)cc1. The lowest BCUT2D eigenvalue weighted by atomic mass is 9.73. The van der Waals surface area contributed by atoms with Crippen LogP contribution in [0, 0.1) is 0 Å². The predicted molar refractivity (Wildman–Crippen MR) is 186 cm³/mol. The number of hydrogen-bond donors (Lipinski definition) is 2. The fourth-order valence-corrected chi connectivity index (χ4v) is 7.09. The predicted octanol–water partition coefficient (Wildman–Crippen LogP) is 9.40. The zero-order chi connectivity index (χ0) is 36.7. The molecule has 2 amide bonds. The molecule has 2 N–H and O–H groups in total. The van der Waals surface area contributed by atoms with Gasteiger partial charge in [-0.2, -0.15) is 31.4 Å². The van der Waals surface area contributed by atoms with Crippen molar-refractivity contribution < 1.29 is 35.9 Å². The Bertz CT molecular complexity index is 2250. The number of carbonyl (C=O) groups excluding carboxylic acids is 2. The van der Waals surface area contributed by atoms with Gasteiger partial charge in [0.25, 0.3) is 5.91 Å². The number of fused-ring (bicyclic) bond motifs is 4. The molecule has 0 atom stereocenters. The normalized spacial score (nSPS) is 13.4. The summed E-state index contributed by atoms with van der Waals surface area (Å²) < 4.78 is 80.8. The Morgan fingerprint density at radius 2 is 1.35 bits per heavy atom. The first kappa shape index (κ1) is 34.5. The van der Waals surface area contributed by atoms with Gasteiger partial charge in [0.05, 0.1) is 17.3 Å². The van der Waals surface area contributed by atoms with E-state index < -0.39 is 41.7 Å². The van der Waals surface area contributed by atoms with Crippen LogP contribution in [0.3, 0.4) is 0 Å². The number of alkyl halides is 6. The Morgan fingerprint density at radius 1 is 0.731 bits per heavy atom. The molecule has 1 heterocycles. The van der Waals surface area contributed by atoms with Crippen molar-refractivity contribution in [3.8, 4) is 22.3 Å². The molecule has 6 nitrogen and oxygen atoms in total. The Labute approximate surface area is 294 Å². The van der Waals surface area contributed by atoms with Crippen molar-refractivity contribution in [3.63, 3.8) is 0 Å². The van der Waals surface area contributed by atoms with Gasteiger partial charge in [-0.25, -0.2) is 0 Å². The minimum atomic E-state index is -4.57. The van der Waals surface area contributed by atoms with E-state index in [-0.39, 0.29) is 12.0 Å². The summed E-state index contributed by atoms with van der Waals surface area (Å²) in [7, 11) is 0. The standard InChI is InChI=1S/C40H30F6N4O2/c41-39(42,43)24-47-37(52)38(33-12-5-3-9-30(33)31-10-4-6-13-34(31)38)20-7-21-50-35-19-18-28(22-26(35)23-48-50)49-36(51)32-11-2-1-8-29(32)25-14-16-27(17-15-25)40(44,45)46/h1-6,8-19,22-23H,7,20-21,24H2,(H,47,52)(H,49,51). The van der Waals surface area contributed by atoms with Crippen molar-refractivity contribution in [3.05, 3.63) is 144 Å². The van der Waals surface area contributed by atoms with E-state index in [0.29, 0.717) is 46.3 Å². The van der Waals surface area contributed by atoms with E-state index in [2.05, 4.69) is 15.7 Å². The second-order valence-corrected chi connectivity index (χ2v) is 12.6. The van der Waals surface area contributed by atoms with Crippen molar-refractivity contribution in [2.24, 2.45) is 0 Å². The summed E-state index contributed by atoms with van der Waals surface area (Å²) in [4.78, 5) is 27.2. The maximum absolute atomic E-state index is 13.8. The Hall–Kier alpha value is -5.91. The molecule has 0 saturated heterocycles. The molecule has 1 aromatic heterocycles. The van der Waals surface area contributed by atoms with E-state index in [0.717, 1.165) is 28.8 Å². The van der Waals surface area contributed by atoms with Gasteiger partial charge < -0.3 is 10.6 Å². The molecule has 0 aliphatic heterocycles. The van der Waals surface area contributed by atoms with Crippen molar-refractivity contribution in [2.45, 2.75) is 37.2 Å². The van der Waals surface area contributed by atoms with Crippen LogP contribution in [-0.4, -0.2) is 34.3 Å². The fourth-order valence-electron chi connectivity index (χ4n) is 7.09. The molecule has 0 bridgehead atoms. The van der Waals surface area contributed by atoms with Crippen LogP contribution >= 0.6 is 0 Å². The molecule has 1 aliphatic carbocycles. The summed E-state index contributed by atoms with van der Waals surface area (Å²) in [5.74, 6) is -1.17. The third-order valence-corrected chi connectivity index (χ3v) is 9.42. The van der Waals surface area contributed by atoms with E-state index in [4.69, 9.17) is 0 Å². The monoisotopic (exact) mass is 712 g/mol. The highest BCUT2D eigenvalue weighted by Crippen LogP contribution is 2.51. The first-order valence-corrected chi connectivity index (χ1v) is 16.4. The van der Waals surface area contributed by atoms with Crippen molar-refractivity contribution >= 4 is 28.4 Å². The average Bonchev–Trinajstić information content (AvgIpc) is 3.66. The van der Waals surface area contributed by atoms with Crippen LogP contribution in [0.15, 0.2) is 121 Å². The average molecular weight is 713 g/mol. The Morgan fingerprint density at radius 3 is 1.98 bits per heavy atom. The molecular formula is C40H30F6N4O2. The molecule has 0 radical (unpaired) electrons. The quantitative estimate of drug-likeness (QED) is 0.147. The molecule has 1 aliphatic rings. The summed E-state index contributed by atoms with van der Waals surface area (Å²) in [5.41, 5.74) is 3.22. The minimum absolute atomic E-state index is 0.221. The Balaban J connectivity index is 1.10. The van der Waals surface area contributed by atoms with Crippen LogP contribution in [0.4, 0.5) is 32.0 Å². The van der Waals surface area contributed by atoms with Crippen LogP contribution in [-0.2, 0) is 22.9 Å². The topological polar surface area (TPSA) is 76.0 Å². The first-order chi connectivity index (χ1) is 24.8. The van der Waals surface area contributed by atoms with Crippen molar-refractivity contribution in [1.29, 1.82) is 0 Å². The highest BCUT2D eigenvalue weighted by Gasteiger charge is 2.49. The highest BCUT2D eigenvalue weighted by molar-refractivity contribution is 6.09. The van der Waals surface area contributed by atoms with Gasteiger partial charge in [0.15, 0.2) is 0 Å². The number of benzene rings is 5. The third kappa shape index (κ3) is 6.52. The zero-order valence-electron chi connectivity index (χ0n) is 27.4. The smallest absolute Gasteiger partial charge is 0.346 e. The van der Waals surface area contributed by atoms with E-state index in [1.165, 1.54) is 12.1 Å². The summed E-state index contributed by atoms with van der Waals surface area (Å²) in [6.07, 6.45) is -6.80. The van der Waals surface area contributed by atoms with Gasteiger partial charge in [-0.3, -0.25) is 14.3 Å². The lowest BCUT2D eigenvalue weighted by Gasteiger charge is -2.31. The number of nitrogens with zero attached hydrogens (tertiary/aromatic N) is 2. The highest BCUT2D eigenvalue weighted by atomic mass is 19.4. The largest absolute Gasteiger partial charge is 0.416 e. The summed E-state index contributed by atoms with van der Waals surface area (Å²) in [6.45, 7) is -1.09. The van der Waals surface area contributed by atoms with Gasteiger partial charge in [-0.1, -0.05) is 78.9 Å². The maximum Gasteiger partial charge on any atom is 0.416 e. The summed E-state index contributed by atoms with van der Waals surface area (Å²) >= 11 is 0. The van der Waals surface area contributed by atoms with Crippen LogP contribution in [0.5, 0.6) is 0 Å². The molecule has 12 heteroatoms. The molecule has 5 aromatic carbocycles.